The van der Waals surface area contributed by atoms with Crippen LogP contribution in [0, 0.1) is 5.82 Å². The van der Waals surface area contributed by atoms with Gasteiger partial charge in [0.15, 0.2) is 8.07 Å². The van der Waals surface area contributed by atoms with Gasteiger partial charge in [0.2, 0.25) is 0 Å². The van der Waals surface area contributed by atoms with Crippen molar-refractivity contribution in [1.82, 2.24) is 4.57 Å². The predicted molar refractivity (Wildman–Crippen MR) is 254 cm³/mol. The second kappa shape index (κ2) is 14.7. The van der Waals surface area contributed by atoms with Gasteiger partial charge in [0.1, 0.15) is 5.82 Å². The fourth-order valence-corrected chi connectivity index (χ4v) is 14.3. The Labute approximate surface area is 349 Å². The van der Waals surface area contributed by atoms with E-state index in [0.717, 1.165) is 44.6 Å². The SMILES string of the molecule is Fc1ccc(-n2c3ccc(N(c4cccc5ccccc45)c4cccc5ccccc45)cc3c3cc([Si](c4ccccc4)(c4ccccc4)c4ccccc4)ccc32)cc1. The number of hydrogen-bond donors (Lipinski definition) is 0. The number of rotatable bonds is 8. The molecular weight excluding hydrogens is 748 g/mol. The number of nitrogens with zero attached hydrogens (tertiary/aromatic N) is 2. The minimum absolute atomic E-state index is 0.255. The van der Waals surface area contributed by atoms with Gasteiger partial charge >= 0.3 is 0 Å². The normalized spacial score (nSPS) is 11.8. The number of benzene rings is 10. The number of halogens is 1. The quantitative estimate of drug-likeness (QED) is 0.110. The highest BCUT2D eigenvalue weighted by Gasteiger charge is 2.41. The van der Waals surface area contributed by atoms with Gasteiger partial charge in [0, 0.05) is 32.9 Å². The zero-order valence-electron chi connectivity index (χ0n) is 32.8. The zero-order chi connectivity index (χ0) is 40.0. The molecule has 11 rings (SSSR count). The zero-order valence-corrected chi connectivity index (χ0v) is 33.8. The van der Waals surface area contributed by atoms with Crippen molar-refractivity contribution in [3.63, 3.8) is 0 Å². The van der Waals surface area contributed by atoms with Gasteiger partial charge < -0.3 is 9.47 Å². The molecule has 0 spiro atoms. The lowest BCUT2D eigenvalue weighted by atomic mass is 10.0. The van der Waals surface area contributed by atoms with Gasteiger partial charge in [-0.1, -0.05) is 176 Å². The van der Waals surface area contributed by atoms with E-state index in [4.69, 9.17) is 0 Å². The average Bonchev–Trinajstić information content (AvgIpc) is 3.64. The molecule has 0 saturated heterocycles. The molecule has 0 radical (unpaired) electrons. The highest BCUT2D eigenvalue weighted by molar-refractivity contribution is 7.20. The summed E-state index contributed by atoms with van der Waals surface area (Å²) in [6.45, 7) is 0. The number of anilines is 3. The van der Waals surface area contributed by atoms with Crippen molar-refractivity contribution in [3.05, 3.63) is 242 Å². The van der Waals surface area contributed by atoms with E-state index in [1.54, 1.807) is 12.1 Å². The lowest BCUT2D eigenvalue weighted by Gasteiger charge is -2.34. The van der Waals surface area contributed by atoms with E-state index in [2.05, 4.69) is 222 Å². The van der Waals surface area contributed by atoms with Crippen LogP contribution in [0.4, 0.5) is 21.5 Å². The van der Waals surface area contributed by atoms with Gasteiger partial charge in [0.05, 0.1) is 22.4 Å². The Morgan fingerprint density at radius 1 is 0.350 bits per heavy atom. The van der Waals surface area contributed by atoms with Crippen LogP contribution in [-0.2, 0) is 0 Å². The average molecular weight is 787 g/mol. The predicted octanol–water partition coefficient (Wildman–Crippen LogP) is 12.1. The van der Waals surface area contributed by atoms with E-state index in [-0.39, 0.29) is 5.82 Å². The largest absolute Gasteiger partial charge is 0.309 e. The summed E-state index contributed by atoms with van der Waals surface area (Å²) < 4.78 is 16.8. The van der Waals surface area contributed by atoms with Crippen LogP contribution in [-0.4, -0.2) is 12.6 Å². The van der Waals surface area contributed by atoms with Crippen molar-refractivity contribution >= 4 is 89.2 Å². The van der Waals surface area contributed by atoms with Crippen LogP contribution < -0.4 is 25.6 Å². The fourth-order valence-electron chi connectivity index (χ4n) is 9.53. The number of fused-ring (bicyclic) bond motifs is 5. The summed E-state index contributed by atoms with van der Waals surface area (Å²) in [5.74, 6) is -0.255. The third-order valence-corrected chi connectivity index (χ3v) is 16.9. The van der Waals surface area contributed by atoms with Gasteiger partial charge in [-0.2, -0.15) is 0 Å². The minimum Gasteiger partial charge on any atom is -0.309 e. The van der Waals surface area contributed by atoms with Crippen molar-refractivity contribution < 1.29 is 4.39 Å². The van der Waals surface area contributed by atoms with Gasteiger partial charge in [-0.25, -0.2) is 4.39 Å². The Hall–Kier alpha value is -7.53. The molecule has 60 heavy (non-hydrogen) atoms. The molecule has 0 unspecified atom stereocenters. The Balaban J connectivity index is 1.24. The second-order valence-corrected chi connectivity index (χ2v) is 19.2. The van der Waals surface area contributed by atoms with Crippen LogP contribution in [0.1, 0.15) is 0 Å². The first-order valence-corrected chi connectivity index (χ1v) is 22.5. The van der Waals surface area contributed by atoms with E-state index in [9.17, 15) is 4.39 Å². The molecule has 1 heterocycles. The van der Waals surface area contributed by atoms with Gasteiger partial charge in [0.25, 0.3) is 0 Å². The Morgan fingerprint density at radius 3 is 1.33 bits per heavy atom. The summed E-state index contributed by atoms with van der Waals surface area (Å²) in [6, 6.07) is 84.4. The van der Waals surface area contributed by atoms with Crippen LogP contribution in [0.15, 0.2) is 237 Å². The van der Waals surface area contributed by atoms with Crippen LogP contribution >= 0.6 is 0 Å². The fraction of sp³-hybridized carbons (Fsp3) is 0. The molecule has 0 fully saturated rings. The summed E-state index contributed by atoms with van der Waals surface area (Å²) in [5.41, 5.74) is 6.30. The Morgan fingerprint density at radius 2 is 0.800 bits per heavy atom. The molecule has 11 aromatic rings. The maximum Gasteiger partial charge on any atom is 0.179 e. The van der Waals surface area contributed by atoms with Crippen molar-refractivity contribution in [2.75, 3.05) is 4.90 Å². The van der Waals surface area contributed by atoms with Crippen molar-refractivity contribution in [2.45, 2.75) is 0 Å². The molecule has 4 heteroatoms. The maximum absolute atomic E-state index is 14.5. The molecule has 1 aromatic heterocycles. The molecule has 0 N–H and O–H groups in total. The van der Waals surface area contributed by atoms with E-state index in [1.165, 1.54) is 42.3 Å². The minimum atomic E-state index is -2.85. The maximum atomic E-state index is 14.5. The highest BCUT2D eigenvalue weighted by Crippen LogP contribution is 2.44. The van der Waals surface area contributed by atoms with Crippen LogP contribution in [0.2, 0.25) is 0 Å². The topological polar surface area (TPSA) is 8.17 Å². The molecule has 0 aliphatic carbocycles. The third-order valence-electron chi connectivity index (χ3n) is 12.2. The molecule has 0 amide bonds. The third kappa shape index (κ3) is 5.76. The number of aromatic nitrogens is 1. The Kier molecular flexibility index (Phi) is 8.72. The summed E-state index contributed by atoms with van der Waals surface area (Å²) in [4.78, 5) is 2.42. The van der Waals surface area contributed by atoms with E-state index in [0.29, 0.717) is 0 Å². The smallest absolute Gasteiger partial charge is 0.179 e. The first kappa shape index (κ1) is 35.6. The van der Waals surface area contributed by atoms with Gasteiger partial charge in [-0.05, 0) is 92.2 Å². The Bertz CT molecular complexity index is 3140. The second-order valence-electron chi connectivity index (χ2n) is 15.4. The molecule has 0 bridgehead atoms. The lowest BCUT2D eigenvalue weighted by molar-refractivity contribution is 0.627. The highest BCUT2D eigenvalue weighted by atomic mass is 28.3. The molecule has 0 saturated carbocycles. The van der Waals surface area contributed by atoms with Crippen LogP contribution in [0.3, 0.4) is 0 Å². The summed E-state index contributed by atoms with van der Waals surface area (Å²) in [6.07, 6.45) is 0. The van der Waals surface area contributed by atoms with E-state index >= 15 is 0 Å². The number of hydrogen-bond acceptors (Lipinski definition) is 1. The van der Waals surface area contributed by atoms with Crippen LogP contribution in [0.25, 0.3) is 49.0 Å². The summed E-state index contributed by atoms with van der Waals surface area (Å²) >= 11 is 0. The standard InChI is InChI=1S/C56H39FN2Si/c57-42-30-32-43(33-31-42)58-55-36-34-44(59(53-28-14-18-40-16-10-12-26-49(40)53)54-29-15-19-41-17-11-13-27-50(41)54)38-51(55)52-39-48(35-37-56(52)58)60(45-20-4-1-5-21-45,46-22-6-2-7-23-46)47-24-8-3-9-25-47/h1-39H. The van der Waals surface area contributed by atoms with Crippen molar-refractivity contribution in [3.8, 4) is 5.69 Å². The molecule has 0 aliphatic rings. The summed E-state index contributed by atoms with van der Waals surface area (Å²) in [7, 11) is -2.85. The van der Waals surface area contributed by atoms with Crippen molar-refractivity contribution in [2.24, 2.45) is 0 Å². The molecular formula is C56H39FN2Si. The monoisotopic (exact) mass is 786 g/mol. The molecule has 284 valence electrons. The van der Waals surface area contributed by atoms with Crippen LogP contribution in [0.5, 0.6) is 0 Å². The lowest BCUT2D eigenvalue weighted by Crippen LogP contribution is -2.74. The van der Waals surface area contributed by atoms with Crippen molar-refractivity contribution in [1.29, 1.82) is 0 Å². The van der Waals surface area contributed by atoms with E-state index < -0.39 is 8.07 Å². The summed E-state index contributed by atoms with van der Waals surface area (Å²) in [5, 5.41) is 12.2. The molecule has 0 aliphatic heterocycles. The van der Waals surface area contributed by atoms with Gasteiger partial charge in [-0.15, -0.1) is 0 Å². The molecule has 10 aromatic carbocycles. The van der Waals surface area contributed by atoms with E-state index in [1.807, 2.05) is 12.1 Å². The first-order valence-electron chi connectivity index (χ1n) is 20.5. The molecule has 0 atom stereocenters. The van der Waals surface area contributed by atoms with Gasteiger partial charge in [-0.3, -0.25) is 0 Å². The first-order chi connectivity index (χ1) is 29.7. The molecule has 2 nitrogen and oxygen atoms in total.